The summed E-state index contributed by atoms with van der Waals surface area (Å²) in [5, 5.41) is 3.35. The molecule has 1 N–H and O–H groups in total. The summed E-state index contributed by atoms with van der Waals surface area (Å²) in [4.78, 5) is 0. The molecule has 3 aromatic carbocycles. The van der Waals surface area contributed by atoms with Crippen LogP contribution in [0.15, 0.2) is 91.0 Å². The van der Waals surface area contributed by atoms with Crippen molar-refractivity contribution in [1.29, 1.82) is 0 Å². The van der Waals surface area contributed by atoms with Crippen LogP contribution >= 0.6 is 0 Å². The first-order valence-electron chi connectivity index (χ1n) is 11.1. The molecule has 4 atom stereocenters. The van der Waals surface area contributed by atoms with Crippen LogP contribution < -0.4 is 5.32 Å². The highest BCUT2D eigenvalue weighted by Gasteiger charge is 2.44. The number of nitrogens with one attached hydrogen (secondary N) is 1. The summed E-state index contributed by atoms with van der Waals surface area (Å²) >= 11 is 0. The van der Waals surface area contributed by atoms with E-state index in [2.05, 4.69) is 5.32 Å². The molecule has 0 radical (unpaired) electrons. The van der Waals surface area contributed by atoms with E-state index in [1.165, 1.54) is 0 Å². The van der Waals surface area contributed by atoms with Crippen molar-refractivity contribution < 1.29 is 18.6 Å². The van der Waals surface area contributed by atoms with Gasteiger partial charge in [-0.3, -0.25) is 0 Å². The maximum Gasteiger partial charge on any atom is 0.107 e. The van der Waals surface area contributed by atoms with E-state index in [1.807, 2.05) is 91.0 Å². The standard InChI is InChI=1S/C27H30FNO3/c28-16-24-26(31-18-22-12-6-2-7-13-22)27(32-19-23-14-8-3-9-15-23)25(29-24)20-30-17-21-10-4-1-5-11-21/h1-15,24-27,29H,16-20H2/t24-,25-,26+,27+/m0/s1. The van der Waals surface area contributed by atoms with Gasteiger partial charge in [-0.05, 0) is 16.7 Å². The quantitative estimate of drug-likeness (QED) is 0.475. The summed E-state index contributed by atoms with van der Waals surface area (Å²) < 4.78 is 32.4. The summed E-state index contributed by atoms with van der Waals surface area (Å²) in [5.41, 5.74) is 3.23. The van der Waals surface area contributed by atoms with Gasteiger partial charge in [0.05, 0.1) is 38.5 Å². The first kappa shape index (κ1) is 22.6. The Balaban J connectivity index is 1.42. The minimum Gasteiger partial charge on any atom is -0.375 e. The van der Waals surface area contributed by atoms with Crippen LogP contribution in [-0.4, -0.2) is 37.6 Å². The Kier molecular flexibility index (Phi) is 8.40. The molecule has 0 saturated carbocycles. The van der Waals surface area contributed by atoms with Crippen molar-refractivity contribution in [3.05, 3.63) is 108 Å². The highest BCUT2D eigenvalue weighted by Crippen LogP contribution is 2.25. The highest BCUT2D eigenvalue weighted by atomic mass is 19.1. The Bertz CT molecular complexity index is 910. The van der Waals surface area contributed by atoms with E-state index in [0.29, 0.717) is 26.4 Å². The predicted molar refractivity (Wildman–Crippen MR) is 123 cm³/mol. The fourth-order valence-electron chi connectivity index (χ4n) is 4.03. The van der Waals surface area contributed by atoms with E-state index in [-0.39, 0.29) is 12.1 Å². The fraction of sp³-hybridized carbons (Fsp3) is 0.333. The van der Waals surface area contributed by atoms with Gasteiger partial charge in [-0.2, -0.15) is 0 Å². The minimum atomic E-state index is -0.528. The maximum atomic E-state index is 13.9. The third kappa shape index (κ3) is 6.24. The van der Waals surface area contributed by atoms with Crippen LogP contribution in [0.4, 0.5) is 4.39 Å². The monoisotopic (exact) mass is 435 g/mol. The van der Waals surface area contributed by atoms with Gasteiger partial charge in [-0.1, -0.05) is 91.0 Å². The van der Waals surface area contributed by atoms with Crippen LogP contribution in [0.5, 0.6) is 0 Å². The second-order valence-corrected chi connectivity index (χ2v) is 8.06. The molecule has 0 spiro atoms. The highest BCUT2D eigenvalue weighted by molar-refractivity contribution is 5.16. The van der Waals surface area contributed by atoms with Gasteiger partial charge in [0.25, 0.3) is 0 Å². The molecule has 1 heterocycles. The molecule has 1 fully saturated rings. The molecule has 4 rings (SSSR count). The number of alkyl halides is 1. The van der Waals surface area contributed by atoms with E-state index < -0.39 is 18.8 Å². The van der Waals surface area contributed by atoms with E-state index in [4.69, 9.17) is 14.2 Å². The Morgan fingerprint density at radius 2 is 1.03 bits per heavy atom. The third-order valence-corrected chi connectivity index (χ3v) is 5.69. The van der Waals surface area contributed by atoms with E-state index in [0.717, 1.165) is 16.7 Å². The number of hydrogen-bond acceptors (Lipinski definition) is 4. The van der Waals surface area contributed by atoms with Crippen LogP contribution in [0.1, 0.15) is 16.7 Å². The largest absolute Gasteiger partial charge is 0.375 e. The molecule has 32 heavy (non-hydrogen) atoms. The van der Waals surface area contributed by atoms with Crippen molar-refractivity contribution in [2.75, 3.05) is 13.3 Å². The second kappa shape index (κ2) is 11.9. The Morgan fingerprint density at radius 3 is 1.50 bits per heavy atom. The topological polar surface area (TPSA) is 39.7 Å². The zero-order valence-electron chi connectivity index (χ0n) is 18.1. The molecular weight excluding hydrogens is 405 g/mol. The number of rotatable bonds is 11. The van der Waals surface area contributed by atoms with Crippen molar-refractivity contribution in [3.8, 4) is 0 Å². The average Bonchev–Trinajstić information content (AvgIpc) is 3.19. The zero-order valence-corrected chi connectivity index (χ0v) is 18.1. The molecule has 168 valence electrons. The number of halogens is 1. The first-order valence-corrected chi connectivity index (χ1v) is 11.1. The smallest absolute Gasteiger partial charge is 0.107 e. The molecule has 0 aliphatic carbocycles. The number of benzene rings is 3. The molecular formula is C27H30FNO3. The third-order valence-electron chi connectivity index (χ3n) is 5.69. The van der Waals surface area contributed by atoms with Gasteiger partial charge in [0, 0.05) is 0 Å². The first-order chi connectivity index (χ1) is 15.8. The van der Waals surface area contributed by atoms with E-state index in [1.54, 1.807) is 0 Å². The van der Waals surface area contributed by atoms with Crippen LogP contribution in [0.3, 0.4) is 0 Å². The lowest BCUT2D eigenvalue weighted by Gasteiger charge is -2.26. The lowest BCUT2D eigenvalue weighted by atomic mass is 10.1. The molecule has 5 heteroatoms. The van der Waals surface area contributed by atoms with Gasteiger partial charge in [0.2, 0.25) is 0 Å². The lowest BCUT2D eigenvalue weighted by molar-refractivity contribution is -0.0869. The predicted octanol–water partition coefficient (Wildman–Crippen LogP) is 4.68. The van der Waals surface area contributed by atoms with Crippen molar-refractivity contribution in [3.63, 3.8) is 0 Å². The van der Waals surface area contributed by atoms with Gasteiger partial charge >= 0.3 is 0 Å². The summed E-state index contributed by atoms with van der Waals surface area (Å²) in [6, 6.07) is 29.3. The normalized spacial score (nSPS) is 22.8. The van der Waals surface area contributed by atoms with Crippen LogP contribution in [0.2, 0.25) is 0 Å². The van der Waals surface area contributed by atoms with Gasteiger partial charge in [-0.25, -0.2) is 4.39 Å². The molecule has 0 amide bonds. The van der Waals surface area contributed by atoms with Crippen molar-refractivity contribution in [1.82, 2.24) is 5.32 Å². The Hall–Kier alpha value is -2.57. The van der Waals surface area contributed by atoms with Gasteiger partial charge in [-0.15, -0.1) is 0 Å². The molecule has 1 aliphatic rings. The van der Waals surface area contributed by atoms with Gasteiger partial charge < -0.3 is 19.5 Å². The van der Waals surface area contributed by atoms with E-state index >= 15 is 0 Å². The summed E-state index contributed by atoms with van der Waals surface area (Å²) in [6.45, 7) is 1.23. The number of hydrogen-bond donors (Lipinski definition) is 1. The molecule has 4 nitrogen and oxygen atoms in total. The van der Waals surface area contributed by atoms with Crippen molar-refractivity contribution in [2.24, 2.45) is 0 Å². The number of ether oxygens (including phenoxy) is 3. The zero-order chi connectivity index (χ0) is 22.0. The Morgan fingerprint density at radius 1 is 0.594 bits per heavy atom. The van der Waals surface area contributed by atoms with E-state index in [9.17, 15) is 4.39 Å². The Labute approximate surface area is 189 Å². The molecule has 0 aromatic heterocycles. The molecule has 3 aromatic rings. The van der Waals surface area contributed by atoms with Gasteiger partial charge in [0.1, 0.15) is 18.9 Å². The van der Waals surface area contributed by atoms with Crippen molar-refractivity contribution in [2.45, 2.75) is 44.1 Å². The summed E-state index contributed by atoms with van der Waals surface area (Å²) in [7, 11) is 0. The minimum absolute atomic E-state index is 0.163. The van der Waals surface area contributed by atoms with Crippen LogP contribution in [0, 0.1) is 0 Å². The average molecular weight is 436 g/mol. The fourth-order valence-corrected chi connectivity index (χ4v) is 4.03. The van der Waals surface area contributed by atoms with Crippen LogP contribution in [-0.2, 0) is 34.0 Å². The van der Waals surface area contributed by atoms with Crippen molar-refractivity contribution >= 4 is 0 Å². The summed E-state index contributed by atoms with van der Waals surface area (Å²) in [6.07, 6.45) is -0.732. The SMILES string of the molecule is FC[C@@H]1N[C@@H](COCc2ccccc2)[C@@H](OCc2ccccc2)[C@@H]1OCc1ccccc1. The molecule has 0 unspecified atom stereocenters. The molecule has 0 bridgehead atoms. The summed E-state index contributed by atoms with van der Waals surface area (Å²) in [5.74, 6) is 0. The molecule has 1 aliphatic heterocycles. The maximum absolute atomic E-state index is 13.9. The lowest BCUT2D eigenvalue weighted by Crippen LogP contribution is -2.40. The second-order valence-electron chi connectivity index (χ2n) is 8.06. The molecule has 1 saturated heterocycles. The van der Waals surface area contributed by atoms with Crippen LogP contribution in [0.25, 0.3) is 0 Å². The van der Waals surface area contributed by atoms with Gasteiger partial charge in [0.15, 0.2) is 0 Å².